The number of benzene rings is 2. The molecule has 0 radical (unpaired) electrons. The zero-order valence-corrected chi connectivity index (χ0v) is 29.4. The Hall–Kier alpha value is -5.40. The van der Waals surface area contributed by atoms with E-state index >= 15 is 0 Å². The Balaban J connectivity index is 0.000000181. The summed E-state index contributed by atoms with van der Waals surface area (Å²) in [5.74, 6) is -1.29. The second-order valence-corrected chi connectivity index (χ2v) is 13.7. The Labute approximate surface area is 303 Å². The maximum Gasteiger partial charge on any atom is 0.315 e. The van der Waals surface area contributed by atoms with Crippen LogP contribution >= 0.6 is 0 Å². The molecule has 2 saturated carbocycles. The number of carbonyl (C=O) groups excluding carboxylic acids is 2. The molecule has 5 aromatic rings. The molecule has 3 heterocycles. The molecule has 3 aromatic heterocycles. The Morgan fingerprint density at radius 1 is 0.736 bits per heavy atom. The molecule has 2 fully saturated rings. The lowest BCUT2D eigenvalue weighted by Crippen LogP contribution is -2.38. The first-order chi connectivity index (χ1) is 25.5. The molecular weight excluding hydrogens is 690 g/mol. The third-order valence-corrected chi connectivity index (χ3v) is 10.3. The molecule has 2 aliphatic carbocycles. The lowest BCUT2D eigenvalue weighted by molar-refractivity contribution is -0.131. The predicted octanol–water partition coefficient (Wildman–Crippen LogP) is 7.45. The van der Waals surface area contributed by atoms with E-state index < -0.39 is 37.0 Å². The maximum atomic E-state index is 12.6. The van der Waals surface area contributed by atoms with Gasteiger partial charge in [-0.25, -0.2) is 19.9 Å². The summed E-state index contributed by atoms with van der Waals surface area (Å²) in [5, 5.41) is 8.83. The van der Waals surface area contributed by atoms with E-state index in [-0.39, 0.29) is 22.3 Å². The van der Waals surface area contributed by atoms with E-state index in [0.717, 1.165) is 44.3 Å². The summed E-state index contributed by atoms with van der Waals surface area (Å²) in [7, 11) is 0. The van der Waals surface area contributed by atoms with Gasteiger partial charge in [0, 0.05) is 48.5 Å². The summed E-state index contributed by atoms with van der Waals surface area (Å²) in [6.45, 7) is 3.74. The maximum absolute atomic E-state index is 12.6. The zero-order chi connectivity index (χ0) is 37.6. The highest BCUT2D eigenvalue weighted by molar-refractivity contribution is 5.99. The van der Waals surface area contributed by atoms with Crippen molar-refractivity contribution in [2.75, 3.05) is 6.54 Å². The normalized spacial score (nSPS) is 15.5. The molecule has 0 bridgehead atoms. The molecule has 1 amide bonds. The van der Waals surface area contributed by atoms with E-state index in [1.807, 2.05) is 17.4 Å². The molecule has 2 aliphatic rings. The van der Waals surface area contributed by atoms with Crippen LogP contribution in [0.2, 0.25) is 0 Å². The number of carbonyl (C=O) groups is 2. The third-order valence-electron chi connectivity index (χ3n) is 10.3. The van der Waals surface area contributed by atoms with Gasteiger partial charge < -0.3 is 9.73 Å². The second-order valence-electron chi connectivity index (χ2n) is 13.7. The highest BCUT2D eigenvalue weighted by Crippen LogP contribution is 2.48. The summed E-state index contributed by atoms with van der Waals surface area (Å²) >= 11 is 0. The lowest BCUT2D eigenvalue weighted by Gasteiger charge is -2.43. The minimum atomic E-state index is -3.14. The molecule has 7 rings (SSSR count). The topological polar surface area (TPSA) is 137 Å². The van der Waals surface area contributed by atoms with Crippen molar-refractivity contribution in [3.05, 3.63) is 119 Å². The molecule has 2 aromatic carbocycles. The number of halogens is 4. The average Bonchev–Trinajstić information content (AvgIpc) is 3.63. The molecule has 0 spiro atoms. The molecule has 276 valence electrons. The van der Waals surface area contributed by atoms with Gasteiger partial charge in [-0.3, -0.25) is 9.59 Å². The number of aryl methyl sites for hydroxylation is 2. The molecule has 1 N–H and O–H groups in total. The number of aromatic nitrogens is 6. The average molecular weight is 730 g/mol. The lowest BCUT2D eigenvalue weighted by atomic mass is 9.61. The summed E-state index contributed by atoms with van der Waals surface area (Å²) in [4.78, 5) is 40.2. The Morgan fingerprint density at radius 3 is 1.64 bits per heavy atom. The van der Waals surface area contributed by atoms with Crippen LogP contribution in [0.4, 0.5) is 17.6 Å². The number of alkyl halides is 4. The van der Waals surface area contributed by atoms with Gasteiger partial charge in [0.2, 0.25) is 0 Å². The number of ketones is 1. The van der Waals surface area contributed by atoms with Crippen molar-refractivity contribution in [1.29, 1.82) is 0 Å². The number of hydrogen-bond acceptors (Lipinski definition) is 9. The van der Waals surface area contributed by atoms with Crippen molar-refractivity contribution in [3.63, 3.8) is 0 Å². The van der Waals surface area contributed by atoms with E-state index in [1.165, 1.54) is 41.1 Å². The van der Waals surface area contributed by atoms with Crippen LogP contribution in [0.15, 0.2) is 77.7 Å². The van der Waals surface area contributed by atoms with Gasteiger partial charge in [0.1, 0.15) is 11.6 Å². The van der Waals surface area contributed by atoms with Crippen LogP contribution in [-0.2, 0) is 28.5 Å². The zero-order valence-electron chi connectivity index (χ0n) is 29.4. The van der Waals surface area contributed by atoms with E-state index in [4.69, 9.17) is 4.42 Å². The number of nitrogens with one attached hydrogen (secondary N) is 1. The van der Waals surface area contributed by atoms with Gasteiger partial charge in [0.25, 0.3) is 17.7 Å². The van der Waals surface area contributed by atoms with Crippen LogP contribution in [0.25, 0.3) is 11.5 Å². The minimum Gasteiger partial charge on any atom is -0.415 e. The molecule has 0 saturated heterocycles. The third kappa shape index (κ3) is 8.47. The van der Waals surface area contributed by atoms with Crippen molar-refractivity contribution >= 4 is 11.7 Å². The van der Waals surface area contributed by atoms with Crippen LogP contribution < -0.4 is 5.32 Å². The molecule has 53 heavy (non-hydrogen) atoms. The molecule has 0 unspecified atom stereocenters. The van der Waals surface area contributed by atoms with Crippen molar-refractivity contribution in [2.24, 2.45) is 0 Å². The van der Waals surface area contributed by atoms with Crippen molar-refractivity contribution in [1.82, 2.24) is 35.5 Å². The van der Waals surface area contributed by atoms with Gasteiger partial charge in [0.05, 0.1) is 17.7 Å². The summed E-state index contributed by atoms with van der Waals surface area (Å²) < 4.78 is 54.4. The van der Waals surface area contributed by atoms with Crippen LogP contribution in [0.1, 0.15) is 95.1 Å². The van der Waals surface area contributed by atoms with Crippen LogP contribution in [0, 0.1) is 13.8 Å². The van der Waals surface area contributed by atoms with Gasteiger partial charge in [0.15, 0.2) is 5.78 Å². The van der Waals surface area contributed by atoms with Gasteiger partial charge in [-0.1, -0.05) is 61.4 Å². The van der Waals surface area contributed by atoms with E-state index in [0.29, 0.717) is 17.8 Å². The molecule has 0 aliphatic heterocycles. The first-order valence-corrected chi connectivity index (χ1v) is 17.4. The van der Waals surface area contributed by atoms with Gasteiger partial charge in [-0.05, 0) is 61.8 Å². The fourth-order valence-electron chi connectivity index (χ4n) is 7.16. The Kier molecular flexibility index (Phi) is 11.3. The molecular formula is C39H39F4N7O3. The van der Waals surface area contributed by atoms with Crippen molar-refractivity contribution in [3.8, 4) is 11.5 Å². The summed E-state index contributed by atoms with van der Waals surface area (Å²) in [5.41, 5.74) is 5.95. The van der Waals surface area contributed by atoms with E-state index in [2.05, 4.69) is 80.4 Å². The van der Waals surface area contributed by atoms with Gasteiger partial charge >= 0.3 is 12.9 Å². The predicted molar refractivity (Wildman–Crippen MR) is 186 cm³/mol. The Morgan fingerprint density at radius 2 is 1.23 bits per heavy atom. The largest absolute Gasteiger partial charge is 0.415 e. The van der Waals surface area contributed by atoms with Gasteiger partial charge in [-0.2, -0.15) is 17.6 Å². The molecule has 14 heteroatoms. The number of nitrogens with zero attached hydrogens (tertiary/aromatic N) is 6. The number of Topliss-reactive ketones (excluding diaryl/α,β-unsaturated/α-hetero) is 1. The number of amides is 1. The van der Waals surface area contributed by atoms with Crippen LogP contribution in [0.5, 0.6) is 0 Å². The van der Waals surface area contributed by atoms with E-state index in [9.17, 15) is 27.2 Å². The number of rotatable bonds is 12. The highest BCUT2D eigenvalue weighted by Gasteiger charge is 2.41. The summed E-state index contributed by atoms with van der Waals surface area (Å²) in [6, 6.07) is 16.8. The monoisotopic (exact) mass is 729 g/mol. The van der Waals surface area contributed by atoms with Gasteiger partial charge in [-0.15, -0.1) is 10.2 Å². The first-order valence-electron chi connectivity index (χ1n) is 17.4. The first kappa shape index (κ1) is 37.4. The fourth-order valence-corrected chi connectivity index (χ4v) is 7.16. The summed E-state index contributed by atoms with van der Waals surface area (Å²) in [6.07, 6.45) is 8.13. The fraction of sp³-hybridized carbons (Fsp3) is 0.385. The highest BCUT2D eigenvalue weighted by atomic mass is 19.3. The molecule has 10 nitrogen and oxygen atoms in total. The quantitative estimate of drug-likeness (QED) is 0.103. The van der Waals surface area contributed by atoms with Crippen molar-refractivity contribution < 1.29 is 31.6 Å². The van der Waals surface area contributed by atoms with Crippen molar-refractivity contribution in [2.45, 2.75) is 88.9 Å². The van der Waals surface area contributed by atoms with Crippen LogP contribution in [-0.4, -0.2) is 54.8 Å². The minimum absolute atomic E-state index is 0.00381. The second kappa shape index (κ2) is 16.1. The Bertz CT molecular complexity index is 2030. The van der Waals surface area contributed by atoms with Crippen LogP contribution in [0.3, 0.4) is 0 Å². The SMILES string of the molecule is Cc1ccccc1C1(Cc2ncc(-c3nnc(C(F)F)o3)cn2)CCC1.Cc1ccccc1C1(Cc2ncc(C(=O)CNC(=O)C(F)F)cn2)CCC1. The van der Waals surface area contributed by atoms with E-state index in [1.54, 1.807) is 12.4 Å². The standard InChI is InChI=1S/C20H21F2N3O2.C19H18F2N4O/c1-13-5-2-3-6-15(13)20(7-4-8-20)9-17-23-10-14(11-24-17)16(26)12-25-19(27)18(21)22;1-12-5-2-3-6-14(12)19(7-4-8-19)9-15-22-10-13(11-23-15)17-24-25-18(26-17)16(20)21/h2-3,5-6,10-11,18H,4,7-9,12H2,1H3,(H,25,27);2-3,5-6,10-11,16H,4,7-9H2,1H3. The molecule has 0 atom stereocenters. The number of hydrogen-bond donors (Lipinski definition) is 1. The smallest absolute Gasteiger partial charge is 0.315 e.